The molecule has 0 saturated heterocycles. The molecule has 0 heterocycles. The van der Waals surface area contributed by atoms with Crippen molar-refractivity contribution in [2.75, 3.05) is 0 Å². The summed E-state index contributed by atoms with van der Waals surface area (Å²) >= 11 is 3.16. The van der Waals surface area contributed by atoms with Gasteiger partial charge in [-0.1, -0.05) is 18.6 Å². The van der Waals surface area contributed by atoms with E-state index < -0.39 is 5.60 Å². The van der Waals surface area contributed by atoms with Crippen LogP contribution in [0.1, 0.15) is 78.1 Å². The minimum atomic E-state index is -0.422. The number of hydrogen-bond donors (Lipinski definition) is 1. The molecule has 0 aromatic carbocycles. The van der Waals surface area contributed by atoms with Crippen molar-refractivity contribution in [3.8, 4) is 0 Å². The molecule has 0 radical (unpaired) electrons. The van der Waals surface area contributed by atoms with Gasteiger partial charge in [0.25, 0.3) is 0 Å². The molecule has 0 bridgehead atoms. The van der Waals surface area contributed by atoms with E-state index in [2.05, 4.69) is 35.9 Å². The molecular weight excluding hydrogens is 376 g/mol. The van der Waals surface area contributed by atoms with Crippen molar-refractivity contribution in [1.29, 1.82) is 0 Å². The molecule has 0 unspecified atom stereocenters. The maximum atomic E-state index is 11.7. The fourth-order valence-corrected chi connectivity index (χ4v) is 8.80. The van der Waals surface area contributed by atoms with E-state index in [1.54, 1.807) is 0 Å². The lowest BCUT2D eigenvalue weighted by Gasteiger charge is -2.56. The summed E-state index contributed by atoms with van der Waals surface area (Å²) in [5.41, 5.74) is 2.29. The molecule has 0 aromatic rings. The Morgan fingerprint density at radius 1 is 1.16 bits per heavy atom. The van der Waals surface area contributed by atoms with Crippen LogP contribution in [0.5, 0.6) is 0 Å². The second-order valence-corrected chi connectivity index (χ2v) is 11.5. The summed E-state index contributed by atoms with van der Waals surface area (Å²) in [4.78, 5) is 11.7. The monoisotopic (exact) mass is 406 g/mol. The first-order chi connectivity index (χ1) is 11.7. The van der Waals surface area contributed by atoms with Crippen LogP contribution in [0, 0.1) is 34.0 Å². The third kappa shape index (κ3) is 2.15. The molecule has 1 N–H and O–H groups in total. The van der Waals surface area contributed by atoms with Crippen LogP contribution < -0.4 is 0 Å². The first kappa shape index (κ1) is 17.0. The fraction of sp³-hybridized carbons (Fsp3) is 0.864. The Morgan fingerprint density at radius 2 is 1.96 bits per heavy atom. The predicted molar refractivity (Wildman–Crippen MR) is 102 cm³/mol. The fourth-order valence-electron chi connectivity index (χ4n) is 8.50. The Labute approximate surface area is 160 Å². The molecule has 7 atom stereocenters. The Hall–Kier alpha value is -0.150. The SMILES string of the molecule is C[C@@]1(O)CC[C@@]23C[C@@]2(CC[C@@H]2[C@@H]3CC[C@]3(C)C(CC(=O)Br)=CC[C@@H]23)C1. The molecule has 0 spiro atoms. The topological polar surface area (TPSA) is 37.3 Å². The highest BCUT2D eigenvalue weighted by Crippen LogP contribution is 2.83. The smallest absolute Gasteiger partial charge is 0.201 e. The highest BCUT2D eigenvalue weighted by molar-refractivity contribution is 9.18. The molecular formula is C22H31BrO2. The maximum Gasteiger partial charge on any atom is 0.201 e. The number of hydrogen-bond acceptors (Lipinski definition) is 2. The molecule has 5 aliphatic rings. The largest absolute Gasteiger partial charge is 0.390 e. The second kappa shape index (κ2) is 5.01. The van der Waals surface area contributed by atoms with E-state index in [9.17, 15) is 9.90 Å². The Bertz CT molecular complexity index is 667. The maximum absolute atomic E-state index is 11.7. The molecule has 0 amide bonds. The highest BCUT2D eigenvalue weighted by Gasteiger charge is 2.76. The van der Waals surface area contributed by atoms with Crippen molar-refractivity contribution < 1.29 is 9.90 Å². The van der Waals surface area contributed by atoms with Crippen LogP contribution in [0.25, 0.3) is 0 Å². The van der Waals surface area contributed by atoms with Crippen LogP contribution in [-0.4, -0.2) is 15.4 Å². The van der Waals surface area contributed by atoms with Gasteiger partial charge in [0, 0.05) is 6.42 Å². The molecule has 4 fully saturated rings. The van der Waals surface area contributed by atoms with Gasteiger partial charge in [-0.15, -0.1) is 0 Å². The standard InChI is InChI=1S/C22H31BrO2/c1-19(25)9-10-22-13-21(22,12-19)8-5-15-16-4-3-14(11-18(23)24)20(16,2)7-6-17(15)22/h3,15-17,25H,4-13H2,1-2H3/t15-,16-,17-,19+,20+,21+,22-/m0/s1. The minimum Gasteiger partial charge on any atom is -0.390 e. The van der Waals surface area contributed by atoms with Crippen molar-refractivity contribution in [2.24, 2.45) is 34.0 Å². The zero-order chi connectivity index (χ0) is 17.7. The van der Waals surface area contributed by atoms with E-state index in [0.29, 0.717) is 17.3 Å². The first-order valence-corrected chi connectivity index (χ1v) is 11.1. The molecule has 5 rings (SSSR count). The van der Waals surface area contributed by atoms with Crippen molar-refractivity contribution in [2.45, 2.75) is 83.7 Å². The number of carbonyl (C=O) groups excluding carboxylic acids is 1. The van der Waals surface area contributed by atoms with Crippen LogP contribution in [0.4, 0.5) is 0 Å². The first-order valence-electron chi connectivity index (χ1n) is 10.3. The number of aliphatic hydroxyl groups is 1. The van der Waals surface area contributed by atoms with Gasteiger partial charge in [0.15, 0.2) is 0 Å². The predicted octanol–water partition coefficient (Wildman–Crippen LogP) is 5.38. The summed E-state index contributed by atoms with van der Waals surface area (Å²) in [7, 11) is 0. The van der Waals surface area contributed by atoms with Crippen molar-refractivity contribution in [1.82, 2.24) is 0 Å². The molecule has 2 nitrogen and oxygen atoms in total. The summed E-state index contributed by atoms with van der Waals surface area (Å²) in [6, 6.07) is 0. The van der Waals surface area contributed by atoms with Crippen molar-refractivity contribution >= 4 is 20.6 Å². The number of fused-ring (bicyclic) bond motifs is 3. The van der Waals surface area contributed by atoms with Gasteiger partial charge in [0.2, 0.25) is 4.69 Å². The van der Waals surface area contributed by atoms with Gasteiger partial charge < -0.3 is 5.11 Å². The van der Waals surface area contributed by atoms with Crippen LogP contribution in [0.3, 0.4) is 0 Å². The van der Waals surface area contributed by atoms with E-state index in [0.717, 1.165) is 30.6 Å². The van der Waals surface area contributed by atoms with E-state index in [-0.39, 0.29) is 10.1 Å². The lowest BCUT2D eigenvalue weighted by Crippen LogP contribution is -2.50. The molecule has 5 aliphatic carbocycles. The quantitative estimate of drug-likeness (QED) is 0.493. The molecule has 4 saturated carbocycles. The normalized spacial score (nSPS) is 56.2. The van der Waals surface area contributed by atoms with Gasteiger partial charge in [-0.3, -0.25) is 4.79 Å². The zero-order valence-corrected chi connectivity index (χ0v) is 17.2. The van der Waals surface area contributed by atoms with Crippen LogP contribution in [-0.2, 0) is 4.79 Å². The summed E-state index contributed by atoms with van der Waals surface area (Å²) < 4.78 is 0.140. The van der Waals surface area contributed by atoms with Gasteiger partial charge in [-0.05, 0) is 115 Å². The van der Waals surface area contributed by atoms with Crippen molar-refractivity contribution in [3.05, 3.63) is 11.6 Å². The summed E-state index contributed by atoms with van der Waals surface area (Å²) in [5.74, 6) is 2.47. The van der Waals surface area contributed by atoms with E-state index >= 15 is 0 Å². The lowest BCUT2D eigenvalue weighted by atomic mass is 9.49. The molecule has 3 heteroatoms. The van der Waals surface area contributed by atoms with Gasteiger partial charge in [0.05, 0.1) is 5.60 Å². The van der Waals surface area contributed by atoms with Crippen LogP contribution in [0.2, 0.25) is 0 Å². The molecule has 0 aliphatic heterocycles. The summed E-state index contributed by atoms with van der Waals surface area (Å²) in [6.07, 6.45) is 14.2. The van der Waals surface area contributed by atoms with E-state index in [4.69, 9.17) is 0 Å². The number of halogens is 1. The average molecular weight is 407 g/mol. The van der Waals surface area contributed by atoms with E-state index in [1.807, 2.05) is 0 Å². The zero-order valence-electron chi connectivity index (χ0n) is 15.6. The van der Waals surface area contributed by atoms with Gasteiger partial charge >= 0.3 is 0 Å². The summed E-state index contributed by atoms with van der Waals surface area (Å²) in [5, 5.41) is 10.7. The Kier molecular flexibility index (Phi) is 3.40. The second-order valence-electron chi connectivity index (χ2n) is 10.7. The molecule has 0 aromatic heterocycles. The third-order valence-corrected chi connectivity index (χ3v) is 9.87. The average Bonchev–Trinajstić information content (AvgIpc) is 3.09. The van der Waals surface area contributed by atoms with Gasteiger partial charge in [-0.2, -0.15) is 0 Å². The molecule has 25 heavy (non-hydrogen) atoms. The van der Waals surface area contributed by atoms with Gasteiger partial charge in [0.1, 0.15) is 0 Å². The summed E-state index contributed by atoms with van der Waals surface area (Å²) in [6.45, 7) is 4.51. The highest BCUT2D eigenvalue weighted by atomic mass is 79.9. The molecule has 138 valence electrons. The number of allylic oxidation sites excluding steroid dienone is 2. The third-order valence-electron chi connectivity index (χ3n) is 9.59. The lowest BCUT2D eigenvalue weighted by molar-refractivity contribution is -0.110. The Balaban J connectivity index is 1.42. The van der Waals surface area contributed by atoms with E-state index in [1.165, 1.54) is 50.5 Å². The number of carbonyl (C=O) groups is 1. The minimum absolute atomic E-state index is 0.140. The Morgan fingerprint density at radius 3 is 2.72 bits per heavy atom. The van der Waals surface area contributed by atoms with Crippen molar-refractivity contribution in [3.63, 3.8) is 0 Å². The number of rotatable bonds is 2. The van der Waals surface area contributed by atoms with Crippen LogP contribution in [0.15, 0.2) is 11.6 Å². The van der Waals surface area contributed by atoms with Gasteiger partial charge in [-0.25, -0.2) is 0 Å². The van der Waals surface area contributed by atoms with Crippen LogP contribution >= 0.6 is 15.9 Å².